The van der Waals surface area contributed by atoms with Crippen LogP contribution >= 0.6 is 0 Å². The van der Waals surface area contributed by atoms with Crippen LogP contribution in [0.15, 0.2) is 0 Å². The van der Waals surface area contributed by atoms with Crippen molar-refractivity contribution >= 4 is 10.0 Å². The number of terminal acetylenes is 1. The minimum atomic E-state index is -3.17. The first-order valence-electron chi connectivity index (χ1n) is 4.68. The summed E-state index contributed by atoms with van der Waals surface area (Å²) >= 11 is 0. The van der Waals surface area contributed by atoms with Gasteiger partial charge in [0.15, 0.2) is 0 Å². The summed E-state index contributed by atoms with van der Waals surface area (Å²) in [7, 11) is -1.63. The predicted molar refractivity (Wildman–Crippen MR) is 56.3 cm³/mol. The van der Waals surface area contributed by atoms with Gasteiger partial charge in [-0.15, -0.1) is 6.42 Å². The molecule has 0 spiro atoms. The molecule has 4 nitrogen and oxygen atoms in total. The molecule has 0 aromatic carbocycles. The van der Waals surface area contributed by atoms with Crippen molar-refractivity contribution in [1.82, 2.24) is 9.62 Å². The molecule has 5 heteroatoms. The third-order valence-corrected chi connectivity index (χ3v) is 4.77. The van der Waals surface area contributed by atoms with Gasteiger partial charge >= 0.3 is 0 Å². The predicted octanol–water partition coefficient (Wildman–Crippen LogP) is -0.367. The van der Waals surface area contributed by atoms with Crippen LogP contribution in [0.2, 0.25) is 0 Å². The van der Waals surface area contributed by atoms with Crippen LogP contribution in [0.3, 0.4) is 0 Å². The molecule has 1 N–H and O–H groups in total. The Hall–Kier alpha value is -0.570. The first-order chi connectivity index (χ1) is 6.59. The lowest BCUT2D eigenvalue weighted by molar-refractivity contribution is 0.449. The van der Waals surface area contributed by atoms with E-state index in [-0.39, 0.29) is 11.8 Å². The standard InChI is InChI=1S/C9H16N2O2S/c1-3-8-11(2)14(12,13)9-4-6-10-7-5-9/h1,9-10H,4-8H2,2H3. The number of hydrogen-bond acceptors (Lipinski definition) is 3. The van der Waals surface area contributed by atoms with Gasteiger partial charge in [-0.3, -0.25) is 0 Å². The second-order valence-corrected chi connectivity index (χ2v) is 5.77. The largest absolute Gasteiger partial charge is 0.317 e. The molecule has 1 fully saturated rings. The number of piperidine rings is 1. The lowest BCUT2D eigenvalue weighted by atomic mass is 10.2. The molecule has 0 amide bonds. The number of rotatable bonds is 3. The fraction of sp³-hybridized carbons (Fsp3) is 0.778. The van der Waals surface area contributed by atoms with E-state index < -0.39 is 10.0 Å². The van der Waals surface area contributed by atoms with Crippen LogP contribution in [0, 0.1) is 12.3 Å². The van der Waals surface area contributed by atoms with Gasteiger partial charge in [0.25, 0.3) is 0 Å². The van der Waals surface area contributed by atoms with Gasteiger partial charge in [0.2, 0.25) is 10.0 Å². The maximum atomic E-state index is 11.9. The molecular weight excluding hydrogens is 200 g/mol. The summed E-state index contributed by atoms with van der Waals surface area (Å²) in [4.78, 5) is 0. The Kier molecular flexibility index (Phi) is 3.93. The zero-order valence-corrected chi connectivity index (χ0v) is 9.18. The van der Waals surface area contributed by atoms with E-state index in [4.69, 9.17) is 6.42 Å². The Balaban J connectivity index is 2.68. The average Bonchev–Trinajstić information content (AvgIpc) is 2.19. The summed E-state index contributed by atoms with van der Waals surface area (Å²) in [5.74, 6) is 2.34. The molecule has 1 saturated heterocycles. The van der Waals surface area contributed by atoms with Crippen molar-refractivity contribution in [3.05, 3.63) is 0 Å². The highest BCUT2D eigenvalue weighted by atomic mass is 32.2. The lowest BCUT2D eigenvalue weighted by Crippen LogP contribution is -2.42. The van der Waals surface area contributed by atoms with Gasteiger partial charge in [-0.1, -0.05) is 5.92 Å². The highest BCUT2D eigenvalue weighted by Crippen LogP contribution is 2.16. The van der Waals surface area contributed by atoms with Crippen molar-refractivity contribution in [1.29, 1.82) is 0 Å². The third kappa shape index (κ3) is 2.47. The molecule has 0 saturated carbocycles. The van der Waals surface area contributed by atoms with E-state index in [1.165, 1.54) is 11.4 Å². The third-order valence-electron chi connectivity index (χ3n) is 2.46. The molecule has 1 rings (SSSR count). The maximum Gasteiger partial charge on any atom is 0.217 e. The quantitative estimate of drug-likeness (QED) is 0.655. The summed E-state index contributed by atoms with van der Waals surface area (Å²) in [6.45, 7) is 1.70. The molecule has 0 aliphatic carbocycles. The fourth-order valence-corrected chi connectivity index (χ4v) is 3.16. The van der Waals surface area contributed by atoms with Gasteiger partial charge in [-0.25, -0.2) is 8.42 Å². The number of hydrogen-bond donors (Lipinski definition) is 1. The van der Waals surface area contributed by atoms with Gasteiger partial charge < -0.3 is 5.32 Å². The van der Waals surface area contributed by atoms with Gasteiger partial charge in [0, 0.05) is 7.05 Å². The van der Waals surface area contributed by atoms with E-state index in [2.05, 4.69) is 11.2 Å². The van der Waals surface area contributed by atoms with E-state index >= 15 is 0 Å². The lowest BCUT2D eigenvalue weighted by Gasteiger charge is -2.26. The van der Waals surface area contributed by atoms with Crippen molar-refractivity contribution in [2.24, 2.45) is 0 Å². The first-order valence-corrected chi connectivity index (χ1v) is 6.18. The van der Waals surface area contributed by atoms with Crippen LogP contribution in [0.1, 0.15) is 12.8 Å². The SMILES string of the molecule is C#CCN(C)S(=O)(=O)C1CCNCC1. The van der Waals surface area contributed by atoms with Crippen LogP contribution < -0.4 is 5.32 Å². The van der Waals surface area contributed by atoms with E-state index in [1.807, 2.05) is 0 Å². The van der Waals surface area contributed by atoms with Gasteiger partial charge in [0.05, 0.1) is 11.8 Å². The number of sulfonamides is 1. The molecule has 0 atom stereocenters. The van der Waals surface area contributed by atoms with Crippen LogP contribution in [0.25, 0.3) is 0 Å². The zero-order chi connectivity index (χ0) is 10.6. The van der Waals surface area contributed by atoms with Crippen LogP contribution in [0.5, 0.6) is 0 Å². The summed E-state index contributed by atoms with van der Waals surface area (Å²) in [5.41, 5.74) is 0. The molecule has 80 valence electrons. The summed E-state index contributed by atoms with van der Waals surface area (Å²) in [5, 5.41) is 2.87. The first kappa shape index (κ1) is 11.5. The summed E-state index contributed by atoms with van der Waals surface area (Å²) in [6.07, 6.45) is 6.44. The van der Waals surface area contributed by atoms with Crippen LogP contribution in [0.4, 0.5) is 0 Å². The van der Waals surface area contributed by atoms with Crippen molar-refractivity contribution in [3.8, 4) is 12.3 Å². The molecule has 0 unspecified atom stereocenters. The molecule has 1 heterocycles. The Bertz CT molecular complexity index is 312. The van der Waals surface area contributed by atoms with Crippen molar-refractivity contribution in [2.45, 2.75) is 18.1 Å². The topological polar surface area (TPSA) is 49.4 Å². The highest BCUT2D eigenvalue weighted by molar-refractivity contribution is 7.89. The molecule has 14 heavy (non-hydrogen) atoms. The smallest absolute Gasteiger partial charge is 0.217 e. The van der Waals surface area contributed by atoms with Crippen molar-refractivity contribution < 1.29 is 8.42 Å². The van der Waals surface area contributed by atoms with Crippen LogP contribution in [-0.2, 0) is 10.0 Å². The monoisotopic (exact) mass is 216 g/mol. The Morgan fingerprint density at radius 3 is 2.57 bits per heavy atom. The van der Waals surface area contributed by atoms with Crippen molar-refractivity contribution in [2.75, 3.05) is 26.7 Å². The Labute approximate surface area is 85.7 Å². The molecule has 0 aromatic rings. The van der Waals surface area contributed by atoms with Gasteiger partial charge in [-0.05, 0) is 25.9 Å². The fourth-order valence-electron chi connectivity index (χ4n) is 1.57. The summed E-state index contributed by atoms with van der Waals surface area (Å²) in [6, 6.07) is 0. The van der Waals surface area contributed by atoms with E-state index in [9.17, 15) is 8.42 Å². The van der Waals surface area contributed by atoms with E-state index in [0.29, 0.717) is 12.8 Å². The minimum Gasteiger partial charge on any atom is -0.317 e. The molecule has 1 aliphatic heterocycles. The normalized spacial score (nSPS) is 19.5. The second kappa shape index (κ2) is 4.78. The second-order valence-electron chi connectivity index (χ2n) is 3.45. The highest BCUT2D eigenvalue weighted by Gasteiger charge is 2.30. The molecular formula is C9H16N2O2S. The molecule has 0 radical (unpaired) electrons. The van der Waals surface area contributed by atoms with Crippen LogP contribution in [-0.4, -0.2) is 44.7 Å². The average molecular weight is 216 g/mol. The molecule has 1 aliphatic rings. The Morgan fingerprint density at radius 2 is 2.07 bits per heavy atom. The number of nitrogens with zero attached hydrogens (tertiary/aromatic N) is 1. The minimum absolute atomic E-state index is 0.159. The van der Waals surface area contributed by atoms with Crippen molar-refractivity contribution in [3.63, 3.8) is 0 Å². The molecule has 0 bridgehead atoms. The maximum absolute atomic E-state index is 11.9. The van der Waals surface area contributed by atoms with Gasteiger partial charge in [-0.2, -0.15) is 4.31 Å². The van der Waals surface area contributed by atoms with E-state index in [1.54, 1.807) is 0 Å². The van der Waals surface area contributed by atoms with Gasteiger partial charge in [0.1, 0.15) is 0 Å². The Morgan fingerprint density at radius 1 is 1.50 bits per heavy atom. The zero-order valence-electron chi connectivity index (χ0n) is 8.36. The van der Waals surface area contributed by atoms with E-state index in [0.717, 1.165) is 13.1 Å². The number of nitrogens with one attached hydrogen (secondary N) is 1. The molecule has 0 aromatic heterocycles. The summed E-state index contributed by atoms with van der Waals surface area (Å²) < 4.78 is 25.0.